The second-order valence-electron chi connectivity index (χ2n) is 7.86. The number of rotatable bonds is 11. The smallest absolute Gasteiger partial charge is 0.327 e. The van der Waals surface area contributed by atoms with Crippen molar-refractivity contribution in [1.82, 2.24) is 24.8 Å². The van der Waals surface area contributed by atoms with Crippen LogP contribution in [0.25, 0.3) is 11.2 Å². The fraction of sp³-hybridized carbons (Fsp3) is 0.750. The molecule has 2 aromatic rings. The van der Waals surface area contributed by atoms with Gasteiger partial charge in [-0.05, 0) is 58.0 Å². The number of unbranched alkanes of at least 4 members (excludes halogenated alkanes) is 1. The maximum Gasteiger partial charge on any atom is 0.327 e. The largest absolute Gasteiger partial charge is 0.460 e. The van der Waals surface area contributed by atoms with Crippen LogP contribution in [0.1, 0.15) is 52.4 Å². The van der Waals surface area contributed by atoms with E-state index in [4.69, 9.17) is 15.2 Å². The van der Waals surface area contributed by atoms with Gasteiger partial charge in [-0.1, -0.05) is 13.3 Å². The van der Waals surface area contributed by atoms with Gasteiger partial charge in [0.15, 0.2) is 11.5 Å². The third kappa shape index (κ3) is 5.93. The van der Waals surface area contributed by atoms with E-state index in [0.717, 1.165) is 64.8 Å². The second kappa shape index (κ2) is 10.6. The summed E-state index contributed by atoms with van der Waals surface area (Å²) >= 11 is 0. The van der Waals surface area contributed by atoms with Gasteiger partial charge in [0, 0.05) is 19.8 Å². The molecule has 1 aliphatic rings. The average molecular weight is 407 g/mol. The van der Waals surface area contributed by atoms with E-state index in [2.05, 4.69) is 27.2 Å². The van der Waals surface area contributed by atoms with Crippen LogP contribution in [0.15, 0.2) is 4.79 Å². The van der Waals surface area contributed by atoms with Gasteiger partial charge in [-0.15, -0.1) is 0 Å². The van der Waals surface area contributed by atoms with Crippen LogP contribution in [0.2, 0.25) is 0 Å². The number of nitrogens with one attached hydrogen (secondary N) is 2. The molecule has 0 aromatic carbocycles. The lowest BCUT2D eigenvalue weighted by Crippen LogP contribution is -2.28. The standard InChI is InChI=1S/C20H34N6O3/c1-3-6-14(2)29-19-24-17(21)16-18(25-19)26(20(27)23-16)10-5-4-9-22-13-15-7-11-28-12-8-15/h14-15,22H,3-13H2,1-2H3,(H,23,27)(H2,21,24,25)/t14-/m0/s1. The highest BCUT2D eigenvalue weighted by Crippen LogP contribution is 2.19. The maximum atomic E-state index is 12.4. The molecule has 9 nitrogen and oxygen atoms in total. The zero-order valence-corrected chi connectivity index (χ0v) is 17.6. The highest BCUT2D eigenvalue weighted by Gasteiger charge is 2.16. The predicted octanol–water partition coefficient (Wildman–Crippen LogP) is 2.07. The molecule has 162 valence electrons. The lowest BCUT2D eigenvalue weighted by atomic mass is 10.0. The lowest BCUT2D eigenvalue weighted by molar-refractivity contribution is 0.0663. The Hall–Kier alpha value is -2.13. The van der Waals surface area contributed by atoms with Crippen molar-refractivity contribution >= 4 is 17.0 Å². The summed E-state index contributed by atoms with van der Waals surface area (Å²) < 4.78 is 12.8. The molecule has 0 aliphatic carbocycles. The number of aromatic amines is 1. The maximum absolute atomic E-state index is 12.4. The Bertz CT molecular complexity index is 827. The molecule has 1 aliphatic heterocycles. The normalized spacial score (nSPS) is 16.3. The van der Waals surface area contributed by atoms with Crippen molar-refractivity contribution in [1.29, 1.82) is 0 Å². The molecule has 2 aromatic heterocycles. The fourth-order valence-corrected chi connectivity index (χ4v) is 3.71. The van der Waals surface area contributed by atoms with Gasteiger partial charge in [0.25, 0.3) is 0 Å². The number of aryl methyl sites for hydroxylation is 1. The molecule has 1 atom stereocenters. The molecule has 0 saturated carbocycles. The SMILES string of the molecule is CCC[C@H](C)Oc1nc(N)c2[nH]c(=O)n(CCCCNCC3CCOCC3)c2n1. The number of aromatic nitrogens is 4. The zero-order chi connectivity index (χ0) is 20.6. The first-order valence-electron chi connectivity index (χ1n) is 10.8. The van der Waals surface area contributed by atoms with Gasteiger partial charge >= 0.3 is 11.7 Å². The molecular weight excluding hydrogens is 372 g/mol. The highest BCUT2D eigenvalue weighted by atomic mass is 16.5. The fourth-order valence-electron chi connectivity index (χ4n) is 3.71. The minimum Gasteiger partial charge on any atom is -0.460 e. The Labute approximate surface area is 171 Å². The van der Waals surface area contributed by atoms with E-state index in [1.807, 2.05) is 6.92 Å². The topological polar surface area (TPSA) is 120 Å². The van der Waals surface area contributed by atoms with E-state index in [9.17, 15) is 4.79 Å². The van der Waals surface area contributed by atoms with Gasteiger partial charge in [-0.25, -0.2) is 4.79 Å². The van der Waals surface area contributed by atoms with Crippen LogP contribution in [-0.4, -0.2) is 51.9 Å². The third-order valence-corrected chi connectivity index (χ3v) is 5.39. The van der Waals surface area contributed by atoms with Crippen molar-refractivity contribution in [3.8, 4) is 6.01 Å². The number of hydrogen-bond donors (Lipinski definition) is 3. The van der Waals surface area contributed by atoms with Crippen LogP contribution in [-0.2, 0) is 11.3 Å². The van der Waals surface area contributed by atoms with Gasteiger partial charge in [0.1, 0.15) is 5.52 Å². The molecule has 1 saturated heterocycles. The summed E-state index contributed by atoms with van der Waals surface area (Å²) in [5.74, 6) is 0.954. The van der Waals surface area contributed by atoms with Gasteiger partial charge in [0.2, 0.25) is 0 Å². The zero-order valence-electron chi connectivity index (χ0n) is 17.6. The predicted molar refractivity (Wildman–Crippen MR) is 113 cm³/mol. The molecule has 0 bridgehead atoms. The molecule has 3 heterocycles. The van der Waals surface area contributed by atoms with Crippen molar-refractivity contribution in [2.24, 2.45) is 5.92 Å². The number of H-pyrrole nitrogens is 1. The van der Waals surface area contributed by atoms with E-state index in [1.54, 1.807) is 4.57 Å². The average Bonchev–Trinajstić information content (AvgIpc) is 3.01. The molecule has 0 amide bonds. The van der Waals surface area contributed by atoms with Gasteiger partial charge < -0.3 is 25.5 Å². The number of nitrogen functional groups attached to an aromatic ring is 1. The molecule has 9 heteroatoms. The molecule has 1 fully saturated rings. The van der Waals surface area contributed by atoms with Crippen LogP contribution in [0.4, 0.5) is 5.82 Å². The van der Waals surface area contributed by atoms with Crippen LogP contribution >= 0.6 is 0 Å². The Morgan fingerprint density at radius 3 is 2.90 bits per heavy atom. The molecule has 3 rings (SSSR count). The molecule has 0 radical (unpaired) electrons. The Kier molecular flexibility index (Phi) is 7.88. The van der Waals surface area contributed by atoms with Gasteiger partial charge in [0.05, 0.1) is 6.10 Å². The summed E-state index contributed by atoms with van der Waals surface area (Å²) in [5.41, 5.74) is 6.79. The van der Waals surface area contributed by atoms with Crippen molar-refractivity contribution in [3.05, 3.63) is 10.5 Å². The minimum atomic E-state index is -0.213. The van der Waals surface area contributed by atoms with Gasteiger partial charge in [-0.2, -0.15) is 9.97 Å². The van der Waals surface area contributed by atoms with Crippen molar-refractivity contribution in [2.45, 2.75) is 65.0 Å². The Morgan fingerprint density at radius 2 is 2.14 bits per heavy atom. The highest BCUT2D eigenvalue weighted by molar-refractivity contribution is 5.81. The quantitative estimate of drug-likeness (QED) is 0.489. The Morgan fingerprint density at radius 1 is 1.34 bits per heavy atom. The summed E-state index contributed by atoms with van der Waals surface area (Å²) in [5, 5.41) is 3.52. The number of anilines is 1. The van der Waals surface area contributed by atoms with Crippen LogP contribution in [0, 0.1) is 5.92 Å². The van der Waals surface area contributed by atoms with Crippen LogP contribution in [0.5, 0.6) is 6.01 Å². The van der Waals surface area contributed by atoms with E-state index in [1.165, 1.54) is 0 Å². The van der Waals surface area contributed by atoms with Crippen molar-refractivity contribution < 1.29 is 9.47 Å². The first-order valence-corrected chi connectivity index (χ1v) is 10.8. The number of fused-ring (bicyclic) bond motifs is 1. The minimum absolute atomic E-state index is 0.00207. The first-order chi connectivity index (χ1) is 14.1. The molecular formula is C20H34N6O3. The number of nitrogens with zero attached hydrogens (tertiary/aromatic N) is 3. The molecule has 29 heavy (non-hydrogen) atoms. The Balaban J connectivity index is 1.54. The van der Waals surface area contributed by atoms with E-state index >= 15 is 0 Å². The summed E-state index contributed by atoms with van der Waals surface area (Å²) in [6, 6.07) is 0.224. The van der Waals surface area contributed by atoms with Crippen LogP contribution < -0.4 is 21.5 Å². The van der Waals surface area contributed by atoms with E-state index < -0.39 is 0 Å². The van der Waals surface area contributed by atoms with Crippen LogP contribution in [0.3, 0.4) is 0 Å². The first kappa shape index (κ1) is 21.6. The summed E-state index contributed by atoms with van der Waals surface area (Å²) in [7, 11) is 0. The molecule has 0 spiro atoms. The molecule has 4 N–H and O–H groups in total. The molecule has 0 unspecified atom stereocenters. The lowest BCUT2D eigenvalue weighted by Gasteiger charge is -2.22. The van der Waals surface area contributed by atoms with E-state index in [-0.39, 0.29) is 23.6 Å². The van der Waals surface area contributed by atoms with Crippen molar-refractivity contribution in [2.75, 3.05) is 32.0 Å². The monoisotopic (exact) mass is 406 g/mol. The second-order valence-corrected chi connectivity index (χ2v) is 7.86. The number of hydrogen-bond acceptors (Lipinski definition) is 7. The number of nitrogens with two attached hydrogens (primary N) is 1. The number of imidazole rings is 1. The van der Waals surface area contributed by atoms with Crippen molar-refractivity contribution in [3.63, 3.8) is 0 Å². The van der Waals surface area contributed by atoms with E-state index in [0.29, 0.717) is 23.6 Å². The third-order valence-electron chi connectivity index (χ3n) is 5.39. The summed E-state index contributed by atoms with van der Waals surface area (Å²) in [6.07, 6.45) is 6.05. The van der Waals surface area contributed by atoms with Gasteiger partial charge in [-0.3, -0.25) is 4.57 Å². The summed E-state index contributed by atoms with van der Waals surface area (Å²) in [6.45, 7) is 8.39. The number of ether oxygens (including phenoxy) is 2. The summed E-state index contributed by atoms with van der Waals surface area (Å²) in [4.78, 5) is 23.8.